The van der Waals surface area contributed by atoms with Gasteiger partial charge >= 0.3 is 19.3 Å². The molecule has 1 fully saturated rings. The molecule has 2 amide bonds. The van der Waals surface area contributed by atoms with Crippen LogP contribution in [-0.2, 0) is 25.2 Å². The Balaban J connectivity index is 2.05. The number of pyridine rings is 1. The molecule has 0 unspecified atom stereocenters. The van der Waals surface area contributed by atoms with Gasteiger partial charge in [0, 0.05) is 18.1 Å². The molecule has 0 aliphatic carbocycles. The zero-order chi connectivity index (χ0) is 31.0. The molecular weight excluding hydrogens is 537 g/mol. The predicted molar refractivity (Wildman–Crippen MR) is 150 cm³/mol. The number of amides is 2. The SMILES string of the molecule is CC(C)(C)OC(=O)N(C(=O)OC(C)(C)C)c1ncc(B2OC(C)(C)C(C)(C)O2)cc1OCCc1cc(F)ccc1F. The van der Waals surface area contributed by atoms with Crippen LogP contribution >= 0.6 is 0 Å². The van der Waals surface area contributed by atoms with E-state index in [1.165, 1.54) is 12.3 Å². The van der Waals surface area contributed by atoms with Gasteiger partial charge in [0.15, 0.2) is 11.6 Å². The summed E-state index contributed by atoms with van der Waals surface area (Å²) in [5, 5.41) is 0. The monoisotopic (exact) mass is 576 g/mol. The summed E-state index contributed by atoms with van der Waals surface area (Å²) in [5.74, 6) is -1.42. The minimum absolute atomic E-state index is 0.0113. The molecule has 1 aliphatic rings. The Hall–Kier alpha value is -3.25. The van der Waals surface area contributed by atoms with E-state index in [9.17, 15) is 18.4 Å². The van der Waals surface area contributed by atoms with Crippen LogP contribution in [0.4, 0.5) is 24.2 Å². The molecule has 2 heterocycles. The van der Waals surface area contributed by atoms with Crippen molar-refractivity contribution < 1.29 is 41.9 Å². The smallest absolute Gasteiger partial charge is 0.489 e. The number of halogens is 2. The van der Waals surface area contributed by atoms with Gasteiger partial charge in [-0.3, -0.25) is 0 Å². The Labute approximate surface area is 240 Å². The molecule has 3 rings (SSSR count). The largest absolute Gasteiger partial charge is 0.496 e. The van der Waals surface area contributed by atoms with E-state index in [-0.39, 0.29) is 30.2 Å². The summed E-state index contributed by atoms with van der Waals surface area (Å²) in [6.07, 6.45) is -0.687. The van der Waals surface area contributed by atoms with Gasteiger partial charge in [0.1, 0.15) is 22.8 Å². The highest BCUT2D eigenvalue weighted by atomic mass is 19.1. The minimum Gasteiger partial charge on any atom is -0.489 e. The normalized spacial score (nSPS) is 16.3. The summed E-state index contributed by atoms with van der Waals surface area (Å²) in [6.45, 7) is 17.3. The fourth-order valence-electron chi connectivity index (χ4n) is 3.70. The van der Waals surface area contributed by atoms with Gasteiger partial charge in [-0.05, 0) is 99.1 Å². The molecule has 12 heteroatoms. The first-order chi connectivity index (χ1) is 18.7. The molecule has 9 nitrogen and oxygen atoms in total. The van der Waals surface area contributed by atoms with E-state index in [0.29, 0.717) is 10.4 Å². The number of aromatic nitrogens is 1. The van der Waals surface area contributed by atoms with Crippen LogP contribution in [0, 0.1) is 11.6 Å². The van der Waals surface area contributed by atoms with E-state index < -0.39 is 53.3 Å². The van der Waals surface area contributed by atoms with E-state index in [0.717, 1.165) is 18.2 Å². The van der Waals surface area contributed by atoms with Gasteiger partial charge < -0.3 is 23.5 Å². The van der Waals surface area contributed by atoms with Crippen molar-refractivity contribution in [1.29, 1.82) is 0 Å². The molecule has 0 radical (unpaired) electrons. The lowest BCUT2D eigenvalue weighted by molar-refractivity contribution is 0.00578. The van der Waals surface area contributed by atoms with Gasteiger partial charge in [-0.2, -0.15) is 4.90 Å². The maximum absolute atomic E-state index is 14.2. The number of rotatable bonds is 6. The molecular formula is C29H39BF2N2O7. The molecule has 1 aromatic heterocycles. The molecule has 224 valence electrons. The first-order valence-electron chi connectivity index (χ1n) is 13.4. The Bertz CT molecular complexity index is 1240. The van der Waals surface area contributed by atoms with Crippen LogP contribution in [-0.4, -0.2) is 53.3 Å². The van der Waals surface area contributed by atoms with E-state index in [1.807, 2.05) is 27.7 Å². The summed E-state index contributed by atoms with van der Waals surface area (Å²) < 4.78 is 57.1. The quantitative estimate of drug-likeness (QED) is 0.389. The highest BCUT2D eigenvalue weighted by Crippen LogP contribution is 2.37. The molecule has 1 aromatic carbocycles. The third kappa shape index (κ3) is 8.16. The second-order valence-electron chi connectivity index (χ2n) is 12.8. The van der Waals surface area contributed by atoms with Crippen LogP contribution in [0.1, 0.15) is 74.8 Å². The topological polar surface area (TPSA) is 96.4 Å². The number of hydrogen-bond acceptors (Lipinski definition) is 8. The summed E-state index contributed by atoms with van der Waals surface area (Å²) >= 11 is 0. The Morgan fingerprint density at radius 1 is 0.927 bits per heavy atom. The van der Waals surface area contributed by atoms with Crippen molar-refractivity contribution in [3.8, 4) is 5.75 Å². The number of carbonyl (C=O) groups is 2. The molecule has 0 N–H and O–H groups in total. The van der Waals surface area contributed by atoms with Crippen LogP contribution in [0.25, 0.3) is 0 Å². The van der Waals surface area contributed by atoms with Gasteiger partial charge in [0.05, 0.1) is 17.8 Å². The summed E-state index contributed by atoms with van der Waals surface area (Å²) in [6, 6.07) is 4.65. The second-order valence-corrected chi connectivity index (χ2v) is 12.8. The van der Waals surface area contributed by atoms with Gasteiger partial charge in [-0.25, -0.2) is 23.4 Å². The molecule has 0 atom stereocenters. The molecule has 0 bridgehead atoms. The Kier molecular flexibility index (Phi) is 9.10. The molecule has 0 saturated carbocycles. The lowest BCUT2D eigenvalue weighted by atomic mass is 9.80. The lowest BCUT2D eigenvalue weighted by Gasteiger charge is -2.32. The standard InChI is InChI=1S/C29H39BF2N2O7/c1-26(2,3)38-24(35)34(25(36)39-27(4,5)6)23-22(37-14-13-18-15-20(31)11-12-21(18)32)16-19(17-33-23)30-40-28(7,8)29(9,10)41-30/h11-12,15-17H,13-14H2,1-10H3. The Morgan fingerprint density at radius 3 is 1.98 bits per heavy atom. The number of nitrogens with zero attached hydrogens (tertiary/aromatic N) is 2. The van der Waals surface area contributed by atoms with E-state index in [1.54, 1.807) is 41.5 Å². The van der Waals surface area contributed by atoms with E-state index in [4.69, 9.17) is 23.5 Å². The van der Waals surface area contributed by atoms with Crippen LogP contribution in [0.5, 0.6) is 5.75 Å². The predicted octanol–water partition coefficient (Wildman–Crippen LogP) is 5.96. The first kappa shape index (κ1) is 32.3. The zero-order valence-electron chi connectivity index (χ0n) is 25.4. The van der Waals surface area contributed by atoms with Gasteiger partial charge in [-0.15, -0.1) is 0 Å². The second kappa shape index (κ2) is 11.6. The van der Waals surface area contributed by atoms with Crippen molar-refractivity contribution in [2.75, 3.05) is 11.5 Å². The van der Waals surface area contributed by atoms with Crippen molar-refractivity contribution in [3.05, 3.63) is 47.7 Å². The minimum atomic E-state index is -1.04. The molecule has 1 aliphatic heterocycles. The van der Waals surface area contributed by atoms with E-state index in [2.05, 4.69) is 4.98 Å². The summed E-state index contributed by atoms with van der Waals surface area (Å²) in [7, 11) is -0.832. The van der Waals surface area contributed by atoms with Gasteiger partial charge in [0.25, 0.3) is 0 Å². The fourth-order valence-corrected chi connectivity index (χ4v) is 3.70. The highest BCUT2D eigenvalue weighted by molar-refractivity contribution is 6.62. The first-order valence-corrected chi connectivity index (χ1v) is 13.4. The molecule has 0 spiro atoms. The van der Waals surface area contributed by atoms with Crippen LogP contribution < -0.4 is 15.1 Å². The molecule has 41 heavy (non-hydrogen) atoms. The average molecular weight is 576 g/mol. The van der Waals surface area contributed by atoms with Crippen LogP contribution in [0.2, 0.25) is 0 Å². The van der Waals surface area contributed by atoms with Crippen LogP contribution in [0.15, 0.2) is 30.5 Å². The van der Waals surface area contributed by atoms with E-state index >= 15 is 0 Å². The fraction of sp³-hybridized carbons (Fsp3) is 0.552. The van der Waals surface area contributed by atoms with Crippen molar-refractivity contribution in [1.82, 2.24) is 4.98 Å². The van der Waals surface area contributed by atoms with Crippen molar-refractivity contribution in [2.24, 2.45) is 0 Å². The lowest BCUT2D eigenvalue weighted by Crippen LogP contribution is -2.45. The summed E-state index contributed by atoms with van der Waals surface area (Å²) in [5.41, 5.74) is -2.65. The van der Waals surface area contributed by atoms with Crippen molar-refractivity contribution in [2.45, 2.75) is 98.1 Å². The molecule has 2 aromatic rings. The number of ether oxygens (including phenoxy) is 3. The van der Waals surface area contributed by atoms with Gasteiger partial charge in [0.2, 0.25) is 0 Å². The number of imide groups is 1. The maximum atomic E-state index is 14.2. The highest BCUT2D eigenvalue weighted by Gasteiger charge is 2.52. The zero-order valence-corrected chi connectivity index (χ0v) is 25.4. The number of anilines is 1. The Morgan fingerprint density at radius 2 is 1.46 bits per heavy atom. The molecule has 1 saturated heterocycles. The average Bonchev–Trinajstić information content (AvgIpc) is 3.01. The van der Waals surface area contributed by atoms with Crippen LogP contribution in [0.3, 0.4) is 0 Å². The van der Waals surface area contributed by atoms with Crippen molar-refractivity contribution in [3.63, 3.8) is 0 Å². The van der Waals surface area contributed by atoms with Crippen molar-refractivity contribution >= 4 is 30.6 Å². The third-order valence-corrected chi connectivity index (χ3v) is 6.38. The van der Waals surface area contributed by atoms with Gasteiger partial charge in [-0.1, -0.05) is 0 Å². The summed E-state index contributed by atoms with van der Waals surface area (Å²) in [4.78, 5) is 31.6. The third-order valence-electron chi connectivity index (χ3n) is 6.38. The maximum Gasteiger partial charge on any atom is 0.496 e. The number of benzene rings is 1. The number of carbonyl (C=O) groups excluding carboxylic acids is 2. The number of hydrogen-bond donors (Lipinski definition) is 0.